The number of amides is 2. The van der Waals surface area contributed by atoms with Crippen molar-refractivity contribution in [2.75, 3.05) is 29.2 Å². The fraction of sp³-hybridized carbons (Fsp3) is 0.185. The summed E-state index contributed by atoms with van der Waals surface area (Å²) in [7, 11) is 3.95. The first-order valence-corrected chi connectivity index (χ1v) is 10.6. The first-order chi connectivity index (χ1) is 15.3. The second-order valence-corrected chi connectivity index (χ2v) is 8.42. The summed E-state index contributed by atoms with van der Waals surface area (Å²) in [6.45, 7) is 5.85. The van der Waals surface area contributed by atoms with Crippen molar-refractivity contribution in [2.24, 2.45) is 0 Å². The molecule has 3 aromatic carbocycles. The molecule has 1 heterocycles. The van der Waals surface area contributed by atoms with E-state index in [1.807, 2.05) is 106 Å². The summed E-state index contributed by atoms with van der Waals surface area (Å²) >= 11 is 0. The zero-order chi connectivity index (χ0) is 23.0. The smallest absolute Gasteiger partial charge is 0.282 e. The van der Waals surface area contributed by atoms with Gasteiger partial charge in [0.15, 0.2) is 0 Å². The fourth-order valence-corrected chi connectivity index (χ4v) is 3.80. The predicted molar refractivity (Wildman–Crippen MR) is 131 cm³/mol. The van der Waals surface area contributed by atoms with Crippen molar-refractivity contribution in [3.8, 4) is 0 Å². The van der Waals surface area contributed by atoms with Crippen LogP contribution in [0, 0.1) is 20.8 Å². The third-order valence-electron chi connectivity index (χ3n) is 5.68. The van der Waals surface area contributed by atoms with Gasteiger partial charge in [0.1, 0.15) is 5.70 Å². The molecule has 0 fully saturated rings. The number of nitrogens with one attached hydrogen (secondary N) is 1. The van der Waals surface area contributed by atoms with Gasteiger partial charge in [0.2, 0.25) is 0 Å². The Morgan fingerprint density at radius 2 is 1.38 bits per heavy atom. The summed E-state index contributed by atoms with van der Waals surface area (Å²) in [4.78, 5) is 30.5. The number of benzene rings is 3. The van der Waals surface area contributed by atoms with Crippen molar-refractivity contribution in [3.63, 3.8) is 0 Å². The summed E-state index contributed by atoms with van der Waals surface area (Å²) < 4.78 is 0. The average molecular weight is 426 g/mol. The van der Waals surface area contributed by atoms with E-state index in [-0.39, 0.29) is 17.5 Å². The number of rotatable bonds is 5. The maximum atomic E-state index is 13.6. The third-order valence-corrected chi connectivity index (χ3v) is 5.68. The minimum absolute atomic E-state index is 0.289. The fourth-order valence-electron chi connectivity index (χ4n) is 3.80. The molecule has 3 aromatic rings. The van der Waals surface area contributed by atoms with E-state index in [4.69, 9.17) is 0 Å². The van der Waals surface area contributed by atoms with Crippen LogP contribution in [0.2, 0.25) is 0 Å². The second-order valence-electron chi connectivity index (χ2n) is 8.42. The number of anilines is 3. The monoisotopic (exact) mass is 425 g/mol. The highest BCUT2D eigenvalue weighted by molar-refractivity contribution is 6.46. The standard InChI is InChI=1S/C27H27N3O2/c1-17-7-10-20(11-8-17)24-25(28-21-12-14-22(15-13-21)29(4)5)27(32)30(26(24)31)23-16-18(2)6-9-19(23)3/h6-16,28H,1-5H3. The van der Waals surface area contributed by atoms with Gasteiger partial charge in [-0.05, 0) is 67.8 Å². The van der Waals surface area contributed by atoms with Gasteiger partial charge in [-0.2, -0.15) is 0 Å². The van der Waals surface area contributed by atoms with E-state index in [2.05, 4.69) is 5.32 Å². The molecule has 0 atom stereocenters. The lowest BCUT2D eigenvalue weighted by Gasteiger charge is -2.18. The summed E-state index contributed by atoms with van der Waals surface area (Å²) in [5.74, 6) is -0.670. The van der Waals surface area contributed by atoms with Crippen LogP contribution in [0.1, 0.15) is 22.3 Å². The van der Waals surface area contributed by atoms with Crippen molar-refractivity contribution in [2.45, 2.75) is 20.8 Å². The van der Waals surface area contributed by atoms with Crippen molar-refractivity contribution < 1.29 is 9.59 Å². The molecule has 1 aliphatic rings. The van der Waals surface area contributed by atoms with E-state index in [0.29, 0.717) is 16.8 Å². The minimum atomic E-state index is -0.351. The van der Waals surface area contributed by atoms with Gasteiger partial charge in [-0.25, -0.2) is 4.90 Å². The molecule has 0 saturated carbocycles. The van der Waals surface area contributed by atoms with E-state index < -0.39 is 0 Å². The van der Waals surface area contributed by atoms with Gasteiger partial charge in [-0.1, -0.05) is 42.0 Å². The number of imide groups is 1. The van der Waals surface area contributed by atoms with E-state index in [9.17, 15) is 9.59 Å². The first kappa shape index (κ1) is 21.4. The van der Waals surface area contributed by atoms with Crippen molar-refractivity contribution in [1.82, 2.24) is 0 Å². The van der Waals surface area contributed by atoms with Gasteiger partial charge in [0, 0.05) is 25.5 Å². The molecule has 2 amide bonds. The van der Waals surface area contributed by atoms with Gasteiger partial charge >= 0.3 is 0 Å². The van der Waals surface area contributed by atoms with Crippen LogP contribution in [0.3, 0.4) is 0 Å². The molecule has 0 aromatic heterocycles. The highest BCUT2D eigenvalue weighted by atomic mass is 16.2. The lowest BCUT2D eigenvalue weighted by molar-refractivity contribution is -0.120. The van der Waals surface area contributed by atoms with Crippen LogP contribution in [0.15, 0.2) is 72.4 Å². The maximum Gasteiger partial charge on any atom is 0.282 e. The number of hydrogen-bond acceptors (Lipinski definition) is 4. The van der Waals surface area contributed by atoms with Gasteiger partial charge in [-0.15, -0.1) is 0 Å². The number of carbonyl (C=O) groups excluding carboxylic acids is 2. The average Bonchev–Trinajstić information content (AvgIpc) is 3.00. The molecule has 162 valence electrons. The molecular weight excluding hydrogens is 398 g/mol. The highest BCUT2D eigenvalue weighted by Crippen LogP contribution is 2.35. The van der Waals surface area contributed by atoms with Crippen molar-refractivity contribution in [3.05, 3.63) is 94.7 Å². The summed E-state index contributed by atoms with van der Waals surface area (Å²) in [5, 5.41) is 3.23. The molecule has 4 rings (SSSR count). The van der Waals surface area contributed by atoms with Crippen LogP contribution >= 0.6 is 0 Å². The van der Waals surface area contributed by atoms with Crippen LogP contribution in [-0.2, 0) is 9.59 Å². The largest absolute Gasteiger partial charge is 0.378 e. The van der Waals surface area contributed by atoms with Crippen LogP contribution in [0.5, 0.6) is 0 Å². The molecule has 5 heteroatoms. The normalized spacial score (nSPS) is 13.7. The van der Waals surface area contributed by atoms with E-state index in [1.54, 1.807) is 0 Å². The first-order valence-electron chi connectivity index (χ1n) is 10.6. The molecule has 32 heavy (non-hydrogen) atoms. The molecule has 0 radical (unpaired) electrons. The highest BCUT2D eigenvalue weighted by Gasteiger charge is 2.40. The van der Waals surface area contributed by atoms with Crippen molar-refractivity contribution in [1.29, 1.82) is 0 Å². The Morgan fingerprint density at radius 1 is 0.750 bits per heavy atom. The number of hydrogen-bond donors (Lipinski definition) is 1. The second kappa shape index (κ2) is 8.35. The Morgan fingerprint density at radius 3 is 2.00 bits per heavy atom. The Bertz CT molecular complexity index is 1220. The van der Waals surface area contributed by atoms with Crippen molar-refractivity contribution >= 4 is 34.4 Å². The Kier molecular flexibility index (Phi) is 5.57. The van der Waals surface area contributed by atoms with Crippen LogP contribution in [0.25, 0.3) is 5.57 Å². The number of aryl methyl sites for hydroxylation is 3. The number of nitrogens with zero attached hydrogens (tertiary/aromatic N) is 2. The molecule has 0 aliphatic carbocycles. The molecular formula is C27H27N3O2. The predicted octanol–water partition coefficient (Wildman–Crippen LogP) is 5.07. The minimum Gasteiger partial charge on any atom is -0.378 e. The lowest BCUT2D eigenvalue weighted by atomic mass is 10.0. The summed E-state index contributed by atoms with van der Waals surface area (Å²) in [6.07, 6.45) is 0. The molecule has 1 N–H and O–H groups in total. The van der Waals surface area contributed by atoms with E-state index in [0.717, 1.165) is 28.1 Å². The molecule has 0 spiro atoms. The SMILES string of the molecule is Cc1ccc(C2=C(Nc3ccc(N(C)C)cc3)C(=O)N(c3cc(C)ccc3C)C2=O)cc1. The summed E-state index contributed by atoms with van der Waals surface area (Å²) in [6, 6.07) is 21.2. The quantitative estimate of drug-likeness (QED) is 0.580. The lowest BCUT2D eigenvalue weighted by Crippen LogP contribution is -2.33. The zero-order valence-corrected chi connectivity index (χ0v) is 19.1. The molecule has 5 nitrogen and oxygen atoms in total. The summed E-state index contributed by atoms with van der Waals surface area (Å²) in [5.41, 5.74) is 6.75. The molecule has 0 unspecified atom stereocenters. The van der Waals surface area contributed by atoms with E-state index in [1.165, 1.54) is 4.90 Å². The maximum absolute atomic E-state index is 13.6. The van der Waals surface area contributed by atoms with Gasteiger partial charge in [0.05, 0.1) is 11.3 Å². The zero-order valence-electron chi connectivity index (χ0n) is 19.1. The van der Waals surface area contributed by atoms with Gasteiger partial charge in [0.25, 0.3) is 11.8 Å². The number of carbonyl (C=O) groups is 2. The van der Waals surface area contributed by atoms with E-state index >= 15 is 0 Å². The van der Waals surface area contributed by atoms with Crippen LogP contribution < -0.4 is 15.1 Å². The third kappa shape index (κ3) is 3.89. The van der Waals surface area contributed by atoms with Crippen LogP contribution in [-0.4, -0.2) is 25.9 Å². The molecule has 0 saturated heterocycles. The Labute approximate surface area is 189 Å². The molecule has 1 aliphatic heterocycles. The Hall–Kier alpha value is -3.86. The molecule has 0 bridgehead atoms. The van der Waals surface area contributed by atoms with Crippen LogP contribution in [0.4, 0.5) is 17.1 Å². The van der Waals surface area contributed by atoms with Gasteiger partial charge < -0.3 is 10.2 Å². The van der Waals surface area contributed by atoms with Gasteiger partial charge in [-0.3, -0.25) is 9.59 Å². The Balaban J connectivity index is 1.81. The topological polar surface area (TPSA) is 52.7 Å².